The van der Waals surface area contributed by atoms with E-state index in [1.54, 1.807) is 24.3 Å². The van der Waals surface area contributed by atoms with Crippen LogP contribution in [0.1, 0.15) is 11.5 Å². The number of hydrogen-bond donors (Lipinski definition) is 2. The Kier molecular flexibility index (Phi) is 5.46. The number of nitrogens with zero attached hydrogens (tertiary/aromatic N) is 7. The third kappa shape index (κ3) is 4.47. The number of hydrogen-bond acceptors (Lipinski definition) is 9. The maximum absolute atomic E-state index is 5.42. The topological polar surface area (TPSA) is 106 Å². The number of nitrogens with one attached hydrogen (secondary N) is 2. The largest absolute Gasteiger partial charge is 0.493 e. The number of ether oxygens (including phenoxy) is 1. The van der Waals surface area contributed by atoms with E-state index < -0.39 is 0 Å². The highest BCUT2D eigenvalue weighted by molar-refractivity contribution is 5.58. The molecule has 27 heavy (non-hydrogen) atoms. The minimum atomic E-state index is 0.454. The highest BCUT2D eigenvalue weighted by atomic mass is 16.5. The van der Waals surface area contributed by atoms with Gasteiger partial charge in [0.2, 0.25) is 5.95 Å². The van der Waals surface area contributed by atoms with Crippen molar-refractivity contribution in [1.82, 2.24) is 34.6 Å². The molecule has 142 valence electrons. The smallest absolute Gasteiger partial charge is 0.230 e. The minimum absolute atomic E-state index is 0.454. The van der Waals surface area contributed by atoms with E-state index in [1.807, 2.05) is 45.1 Å². The van der Waals surface area contributed by atoms with Crippen LogP contribution in [0.3, 0.4) is 0 Å². The lowest BCUT2D eigenvalue weighted by Crippen LogP contribution is -2.12. The van der Waals surface area contributed by atoms with Crippen molar-refractivity contribution in [2.75, 3.05) is 38.9 Å². The summed E-state index contributed by atoms with van der Waals surface area (Å²) >= 11 is 0. The van der Waals surface area contributed by atoms with Crippen LogP contribution < -0.4 is 15.4 Å². The van der Waals surface area contributed by atoms with Crippen molar-refractivity contribution in [3.05, 3.63) is 36.2 Å². The maximum Gasteiger partial charge on any atom is 0.230 e. The van der Waals surface area contributed by atoms with Crippen LogP contribution in [0.2, 0.25) is 0 Å². The Hall–Kier alpha value is -3.27. The van der Waals surface area contributed by atoms with Gasteiger partial charge in [0.05, 0.1) is 19.9 Å². The molecule has 0 saturated carbocycles. The van der Waals surface area contributed by atoms with Gasteiger partial charge in [-0.15, -0.1) is 5.10 Å². The van der Waals surface area contributed by atoms with Gasteiger partial charge in [0.25, 0.3) is 0 Å². The molecule has 3 rings (SSSR count). The predicted octanol–water partition coefficient (Wildman–Crippen LogP) is 1.62. The van der Waals surface area contributed by atoms with Gasteiger partial charge < -0.3 is 20.3 Å². The second kappa shape index (κ2) is 7.96. The summed E-state index contributed by atoms with van der Waals surface area (Å²) in [7, 11) is 7.34. The highest BCUT2D eigenvalue weighted by Gasteiger charge is 2.12. The molecule has 0 radical (unpaired) electrons. The van der Waals surface area contributed by atoms with E-state index in [-0.39, 0.29) is 0 Å². The van der Waals surface area contributed by atoms with Gasteiger partial charge in [0.15, 0.2) is 11.6 Å². The molecule has 0 fully saturated rings. The van der Waals surface area contributed by atoms with E-state index in [2.05, 4.69) is 35.7 Å². The maximum atomic E-state index is 5.42. The molecule has 10 nitrogen and oxygen atoms in total. The number of methoxy groups -OCH3 is 1. The minimum Gasteiger partial charge on any atom is -0.493 e. The average molecular weight is 369 g/mol. The first-order valence-electron chi connectivity index (χ1n) is 8.38. The van der Waals surface area contributed by atoms with Crippen molar-refractivity contribution in [3.63, 3.8) is 0 Å². The lowest BCUT2D eigenvalue weighted by Gasteiger charge is -2.11. The van der Waals surface area contributed by atoms with E-state index in [0.29, 0.717) is 35.6 Å². The van der Waals surface area contributed by atoms with Crippen molar-refractivity contribution >= 4 is 17.6 Å². The fourth-order valence-electron chi connectivity index (χ4n) is 2.47. The molecule has 0 aliphatic carbocycles. The summed E-state index contributed by atoms with van der Waals surface area (Å²) in [4.78, 5) is 19.5. The summed E-state index contributed by atoms with van der Waals surface area (Å²) in [5, 5.41) is 10.6. The van der Waals surface area contributed by atoms with E-state index in [9.17, 15) is 0 Å². The Balaban J connectivity index is 1.92. The third-order valence-corrected chi connectivity index (χ3v) is 3.66. The van der Waals surface area contributed by atoms with Crippen LogP contribution in [0.15, 0.2) is 24.7 Å². The van der Waals surface area contributed by atoms with Crippen molar-refractivity contribution in [2.24, 2.45) is 0 Å². The van der Waals surface area contributed by atoms with Crippen LogP contribution >= 0.6 is 0 Å². The average Bonchev–Trinajstić information content (AvgIpc) is 3.08. The molecule has 0 bridgehead atoms. The third-order valence-electron chi connectivity index (χ3n) is 3.66. The van der Waals surface area contributed by atoms with Gasteiger partial charge in [-0.1, -0.05) is 0 Å². The molecule has 3 heterocycles. The van der Waals surface area contributed by atoms with Crippen molar-refractivity contribution < 1.29 is 4.74 Å². The van der Waals surface area contributed by atoms with E-state index >= 15 is 0 Å². The Morgan fingerprint density at radius 1 is 1.15 bits per heavy atom. The van der Waals surface area contributed by atoms with Crippen LogP contribution in [0.5, 0.6) is 5.75 Å². The zero-order valence-corrected chi connectivity index (χ0v) is 16.1. The Morgan fingerprint density at radius 3 is 2.67 bits per heavy atom. The van der Waals surface area contributed by atoms with Crippen LogP contribution in [0, 0.1) is 6.92 Å². The normalized spacial score (nSPS) is 10.9. The zero-order valence-electron chi connectivity index (χ0n) is 16.1. The first-order valence-corrected chi connectivity index (χ1v) is 8.38. The number of aromatic nitrogens is 6. The molecule has 0 unspecified atom stereocenters. The van der Waals surface area contributed by atoms with Gasteiger partial charge >= 0.3 is 0 Å². The molecule has 10 heteroatoms. The van der Waals surface area contributed by atoms with Crippen molar-refractivity contribution in [1.29, 1.82) is 0 Å². The molecule has 0 aromatic carbocycles. The fraction of sp³-hybridized carbons (Fsp3) is 0.353. The molecule has 0 saturated heterocycles. The molecular weight excluding hydrogens is 346 g/mol. The second-order valence-electron chi connectivity index (χ2n) is 6.18. The second-order valence-corrected chi connectivity index (χ2v) is 6.18. The van der Waals surface area contributed by atoms with Gasteiger partial charge in [-0.05, 0) is 21.0 Å². The number of anilines is 3. The molecule has 2 N–H and O–H groups in total. The van der Waals surface area contributed by atoms with Gasteiger partial charge in [0, 0.05) is 24.9 Å². The molecular formula is C17H23N9O. The monoisotopic (exact) mass is 369 g/mol. The van der Waals surface area contributed by atoms with Gasteiger partial charge in [-0.25, -0.2) is 19.6 Å². The zero-order chi connectivity index (χ0) is 19.4. The summed E-state index contributed by atoms with van der Waals surface area (Å²) in [6.07, 6.45) is 3.28. The Morgan fingerprint density at radius 2 is 1.96 bits per heavy atom. The molecule has 3 aromatic rings. The summed E-state index contributed by atoms with van der Waals surface area (Å²) in [6, 6.07) is 3.68. The molecule has 0 spiro atoms. The van der Waals surface area contributed by atoms with Crippen LogP contribution in [-0.2, 0) is 6.54 Å². The number of rotatable bonds is 7. The molecule has 0 aliphatic heterocycles. The first kappa shape index (κ1) is 18.5. The molecule has 0 aliphatic rings. The quantitative estimate of drug-likeness (QED) is 0.642. The number of pyridine rings is 1. The van der Waals surface area contributed by atoms with Crippen LogP contribution in [-0.4, -0.2) is 62.9 Å². The molecule has 3 aromatic heterocycles. The summed E-state index contributed by atoms with van der Waals surface area (Å²) in [5.41, 5.74) is 1.56. The van der Waals surface area contributed by atoms with Gasteiger partial charge in [-0.2, -0.15) is 4.98 Å². The Bertz CT molecular complexity index is 923. The fourth-order valence-corrected chi connectivity index (χ4v) is 2.47. The lowest BCUT2D eigenvalue weighted by molar-refractivity contribution is 0.389. The predicted molar refractivity (Wildman–Crippen MR) is 103 cm³/mol. The summed E-state index contributed by atoms with van der Waals surface area (Å²) < 4.78 is 7.09. The van der Waals surface area contributed by atoms with Crippen LogP contribution in [0.4, 0.5) is 17.6 Å². The number of aryl methyl sites for hydroxylation is 1. The van der Waals surface area contributed by atoms with Gasteiger partial charge in [0.1, 0.15) is 23.7 Å². The first-order chi connectivity index (χ1) is 13.0. The lowest BCUT2D eigenvalue weighted by atomic mass is 10.3. The van der Waals surface area contributed by atoms with Gasteiger partial charge in [-0.3, -0.25) is 0 Å². The highest BCUT2D eigenvalue weighted by Crippen LogP contribution is 2.25. The summed E-state index contributed by atoms with van der Waals surface area (Å²) in [5.74, 6) is 3.05. The van der Waals surface area contributed by atoms with Crippen molar-refractivity contribution in [3.8, 4) is 11.4 Å². The SMILES string of the molecule is CNc1cc(C)nc(Nc2cc(-n3cnc(CN(C)C)n3)c(OC)cn2)n1. The molecule has 0 amide bonds. The van der Waals surface area contributed by atoms with E-state index in [1.165, 1.54) is 0 Å². The summed E-state index contributed by atoms with van der Waals surface area (Å²) in [6.45, 7) is 2.55. The van der Waals surface area contributed by atoms with E-state index in [4.69, 9.17) is 4.74 Å². The standard InChI is InChI=1S/C17H23N9O/c1-11-6-14(18-2)22-17(21-11)23-15-7-12(13(27-5)8-19-15)26-10-20-16(24-26)9-25(3)4/h6-8,10H,9H2,1-5H3,(H2,18,19,21,22,23). The van der Waals surface area contributed by atoms with Crippen molar-refractivity contribution in [2.45, 2.75) is 13.5 Å². The van der Waals surface area contributed by atoms with Crippen LogP contribution in [0.25, 0.3) is 5.69 Å². The molecule has 0 atom stereocenters. The Labute approximate surface area is 157 Å². The van der Waals surface area contributed by atoms with E-state index in [0.717, 1.165) is 11.5 Å².